The number of aliphatic hydroxyl groups excluding tert-OH is 1. The van der Waals surface area contributed by atoms with Gasteiger partial charge in [-0.3, -0.25) is 4.79 Å². The van der Waals surface area contributed by atoms with Crippen LogP contribution in [0.3, 0.4) is 0 Å². The highest BCUT2D eigenvalue weighted by Gasteiger charge is 2.27. The summed E-state index contributed by atoms with van der Waals surface area (Å²) in [6.45, 7) is 4.85. The van der Waals surface area contributed by atoms with Crippen LogP contribution < -0.4 is 4.90 Å². The number of carbonyl (C=O) groups is 1. The molecule has 158 valence electrons. The second kappa shape index (κ2) is 9.16. The lowest BCUT2D eigenvalue weighted by Gasteiger charge is -2.31. The summed E-state index contributed by atoms with van der Waals surface area (Å²) in [5, 5.41) is 22.7. The Balaban J connectivity index is 1.41. The van der Waals surface area contributed by atoms with Crippen LogP contribution in [0.4, 0.5) is 0 Å². The third-order valence-electron chi connectivity index (χ3n) is 5.37. The van der Waals surface area contributed by atoms with Gasteiger partial charge in [0.2, 0.25) is 0 Å². The van der Waals surface area contributed by atoms with Crippen LogP contribution in [-0.2, 0) is 0 Å². The number of nitriles is 1. The maximum atomic E-state index is 12.4. The number of amides is 1. The van der Waals surface area contributed by atoms with E-state index in [2.05, 4.69) is 11.1 Å². The summed E-state index contributed by atoms with van der Waals surface area (Å²) < 4.78 is 5.19. The zero-order valence-corrected chi connectivity index (χ0v) is 18.0. The minimum Gasteiger partial charge on any atom is -0.506 e. The quantitative estimate of drug-likeness (QED) is 0.474. The second-order valence-corrected chi connectivity index (χ2v) is 8.39. The fourth-order valence-electron chi connectivity index (χ4n) is 3.57. The van der Waals surface area contributed by atoms with Gasteiger partial charge in [-0.05, 0) is 19.1 Å². The lowest BCUT2D eigenvalue weighted by atomic mass is 10.1. The molecule has 1 saturated heterocycles. The minimum absolute atomic E-state index is 0.0353. The van der Waals surface area contributed by atoms with Crippen molar-refractivity contribution in [3.8, 4) is 17.3 Å². The highest BCUT2D eigenvalue weighted by molar-refractivity contribution is 7.11. The zero-order valence-electron chi connectivity index (χ0n) is 17.2. The first-order valence-corrected chi connectivity index (χ1v) is 10.9. The number of furan rings is 1. The van der Waals surface area contributed by atoms with Gasteiger partial charge in [0.25, 0.3) is 5.91 Å². The fraction of sp³-hybridized carbons (Fsp3) is 0.261. The standard InChI is InChI=1S/C23H22N4O3S/c1-16-4-6-17(7-5-16)19-15-31-22(25-19)18(13-24)20(28)14-26-8-10-27(11-9-26)23(29)21-3-2-12-30-21/h2-7,12,15,28H,8-11,14H2,1H3/p+1/b20-18-. The molecule has 8 heteroatoms. The van der Waals surface area contributed by atoms with Crippen molar-refractivity contribution in [1.82, 2.24) is 9.88 Å². The number of thiazole rings is 1. The molecule has 0 unspecified atom stereocenters. The molecule has 4 rings (SSSR count). The highest BCUT2D eigenvalue weighted by atomic mass is 32.1. The number of quaternary nitrogens is 1. The van der Waals surface area contributed by atoms with Crippen molar-refractivity contribution in [1.29, 1.82) is 5.26 Å². The van der Waals surface area contributed by atoms with Gasteiger partial charge in [-0.15, -0.1) is 11.3 Å². The van der Waals surface area contributed by atoms with Crippen molar-refractivity contribution in [2.24, 2.45) is 0 Å². The summed E-state index contributed by atoms with van der Waals surface area (Å²) in [6, 6.07) is 13.5. The van der Waals surface area contributed by atoms with Crippen LogP contribution in [0.1, 0.15) is 21.1 Å². The molecule has 7 nitrogen and oxygen atoms in total. The topological polar surface area (TPSA) is 94.8 Å². The van der Waals surface area contributed by atoms with E-state index in [-0.39, 0.29) is 17.2 Å². The molecule has 0 bridgehead atoms. The third-order valence-corrected chi connectivity index (χ3v) is 6.23. The molecular formula is C23H23N4O3S+. The van der Waals surface area contributed by atoms with Crippen LogP contribution in [0.25, 0.3) is 16.8 Å². The normalized spacial score (nSPS) is 15.4. The molecule has 0 atom stereocenters. The summed E-state index contributed by atoms with van der Waals surface area (Å²) in [7, 11) is 0. The number of hydrogen-bond acceptors (Lipinski definition) is 6. The molecule has 1 amide bonds. The summed E-state index contributed by atoms with van der Waals surface area (Å²) in [5.41, 5.74) is 3.15. The fourth-order valence-corrected chi connectivity index (χ4v) is 4.41. The molecule has 1 aromatic carbocycles. The Hall–Kier alpha value is -3.41. The number of piperazine rings is 1. The Morgan fingerprint density at radius 1 is 1.29 bits per heavy atom. The monoisotopic (exact) mass is 435 g/mol. The number of carbonyl (C=O) groups excluding carboxylic acids is 1. The minimum atomic E-state index is -0.118. The van der Waals surface area contributed by atoms with Crippen molar-refractivity contribution in [2.45, 2.75) is 6.92 Å². The van der Waals surface area contributed by atoms with E-state index in [4.69, 9.17) is 4.42 Å². The maximum absolute atomic E-state index is 12.4. The molecule has 3 aromatic rings. The number of hydrogen-bond donors (Lipinski definition) is 2. The molecule has 0 spiro atoms. The van der Waals surface area contributed by atoms with Gasteiger partial charge in [0.05, 0.1) is 38.1 Å². The molecule has 2 aromatic heterocycles. The van der Waals surface area contributed by atoms with Gasteiger partial charge in [0, 0.05) is 10.9 Å². The summed E-state index contributed by atoms with van der Waals surface area (Å²) in [4.78, 5) is 19.8. The Bertz CT molecular complexity index is 1120. The highest BCUT2D eigenvalue weighted by Crippen LogP contribution is 2.27. The Morgan fingerprint density at radius 3 is 2.68 bits per heavy atom. The van der Waals surface area contributed by atoms with Crippen molar-refractivity contribution in [3.63, 3.8) is 0 Å². The predicted molar refractivity (Wildman–Crippen MR) is 118 cm³/mol. The molecule has 1 aliphatic heterocycles. The molecule has 2 N–H and O–H groups in total. The number of nitrogens with zero attached hydrogens (tertiary/aromatic N) is 3. The van der Waals surface area contributed by atoms with E-state index in [1.54, 1.807) is 17.0 Å². The maximum Gasteiger partial charge on any atom is 0.289 e. The van der Waals surface area contributed by atoms with Crippen LogP contribution in [0.5, 0.6) is 0 Å². The number of nitrogens with one attached hydrogen (secondary N) is 1. The first kappa shape index (κ1) is 20.8. The molecule has 0 aliphatic carbocycles. The lowest BCUT2D eigenvalue weighted by molar-refractivity contribution is -0.900. The van der Waals surface area contributed by atoms with E-state index in [1.807, 2.05) is 36.6 Å². The average molecular weight is 436 g/mol. The number of aliphatic hydroxyl groups is 1. The third kappa shape index (κ3) is 4.68. The number of aromatic nitrogens is 1. The molecule has 3 heterocycles. The van der Waals surface area contributed by atoms with E-state index in [1.165, 1.54) is 23.2 Å². The van der Waals surface area contributed by atoms with Crippen molar-refractivity contribution < 1.29 is 19.2 Å². The Morgan fingerprint density at radius 2 is 2.03 bits per heavy atom. The molecule has 1 fully saturated rings. The first-order chi connectivity index (χ1) is 15.0. The lowest BCUT2D eigenvalue weighted by Crippen LogP contribution is -3.15. The number of benzene rings is 1. The first-order valence-electron chi connectivity index (χ1n) is 10.1. The van der Waals surface area contributed by atoms with Gasteiger partial charge in [-0.25, -0.2) is 4.98 Å². The van der Waals surface area contributed by atoms with Gasteiger partial charge < -0.3 is 19.3 Å². The van der Waals surface area contributed by atoms with Crippen LogP contribution >= 0.6 is 11.3 Å². The van der Waals surface area contributed by atoms with Crippen molar-refractivity contribution in [2.75, 3.05) is 32.7 Å². The van der Waals surface area contributed by atoms with E-state index < -0.39 is 0 Å². The van der Waals surface area contributed by atoms with Crippen LogP contribution in [0.2, 0.25) is 0 Å². The van der Waals surface area contributed by atoms with Crippen molar-refractivity contribution in [3.05, 3.63) is 70.1 Å². The largest absolute Gasteiger partial charge is 0.506 e. The smallest absolute Gasteiger partial charge is 0.289 e. The molecule has 1 aliphatic rings. The SMILES string of the molecule is Cc1ccc(-c2csc(/C(C#N)=C(\O)C[NH+]3CCN(C(=O)c4ccco4)CC3)n2)cc1. The summed E-state index contributed by atoms with van der Waals surface area (Å²) in [5.74, 6) is 0.257. The van der Waals surface area contributed by atoms with Gasteiger partial charge in [0.1, 0.15) is 23.2 Å². The van der Waals surface area contributed by atoms with Crippen molar-refractivity contribution >= 4 is 22.8 Å². The number of allylic oxidation sites excluding steroid dienone is 1. The molecule has 0 saturated carbocycles. The molecule has 0 radical (unpaired) electrons. The average Bonchev–Trinajstić information content (AvgIpc) is 3.48. The number of aryl methyl sites for hydroxylation is 1. The second-order valence-electron chi connectivity index (χ2n) is 7.53. The molecular weight excluding hydrogens is 412 g/mol. The Labute approximate surface area is 184 Å². The summed E-state index contributed by atoms with van der Waals surface area (Å²) >= 11 is 1.35. The van der Waals surface area contributed by atoms with Crippen LogP contribution in [-0.4, -0.2) is 53.6 Å². The van der Waals surface area contributed by atoms with E-state index in [9.17, 15) is 15.2 Å². The van der Waals surface area contributed by atoms with Gasteiger partial charge >= 0.3 is 0 Å². The van der Waals surface area contributed by atoms with E-state index in [0.29, 0.717) is 43.5 Å². The summed E-state index contributed by atoms with van der Waals surface area (Å²) in [6.07, 6.45) is 1.49. The van der Waals surface area contributed by atoms with Crippen LogP contribution in [0, 0.1) is 18.3 Å². The molecule has 31 heavy (non-hydrogen) atoms. The van der Waals surface area contributed by atoms with E-state index >= 15 is 0 Å². The zero-order chi connectivity index (χ0) is 21.8. The predicted octanol–water partition coefficient (Wildman–Crippen LogP) is 2.55. The Kier molecular flexibility index (Phi) is 6.16. The van der Waals surface area contributed by atoms with Gasteiger partial charge in [-0.2, -0.15) is 5.26 Å². The van der Waals surface area contributed by atoms with Gasteiger partial charge in [-0.1, -0.05) is 29.8 Å². The number of rotatable bonds is 5. The van der Waals surface area contributed by atoms with Crippen LogP contribution in [0.15, 0.2) is 58.2 Å². The van der Waals surface area contributed by atoms with E-state index in [0.717, 1.165) is 16.2 Å². The van der Waals surface area contributed by atoms with Gasteiger partial charge in [0.15, 0.2) is 11.5 Å².